The summed E-state index contributed by atoms with van der Waals surface area (Å²) in [6, 6.07) is 0. The molecule has 7 heavy (non-hydrogen) atoms. The van der Waals surface area contributed by atoms with Gasteiger partial charge in [0.05, 0.1) is 0 Å². The maximum atomic E-state index is 2.31. The summed E-state index contributed by atoms with van der Waals surface area (Å²) in [7, 11) is 2.14. The summed E-state index contributed by atoms with van der Waals surface area (Å²) in [6.07, 6.45) is 3.59. The Balaban J connectivity index is 0.000000360. The second kappa shape index (κ2) is 4.47. The van der Waals surface area contributed by atoms with Gasteiger partial charge in [0.2, 0.25) is 0 Å². The molecule has 1 heterocycles. The van der Waals surface area contributed by atoms with Gasteiger partial charge in [-0.05, 0) is 13.6 Å². The maximum absolute atomic E-state index is 2.31. The van der Waals surface area contributed by atoms with Gasteiger partial charge in [-0.3, -0.25) is 0 Å². The zero-order chi connectivity index (χ0) is 4.41. The van der Waals surface area contributed by atoms with Crippen molar-refractivity contribution in [1.82, 2.24) is 4.90 Å². The number of nitrogens with zero attached hydrogens (tertiary/aromatic N) is 1. The van der Waals surface area contributed by atoms with Crippen LogP contribution in [0.25, 0.3) is 0 Å². The van der Waals surface area contributed by atoms with E-state index >= 15 is 0 Å². The van der Waals surface area contributed by atoms with Gasteiger partial charge in [-0.2, -0.15) is 6.42 Å². The SMILES string of the molecule is CN1C[CH-]CC1.[K+]. The van der Waals surface area contributed by atoms with E-state index in [1.165, 1.54) is 19.5 Å². The normalized spacial score (nSPS) is 21.9. The first-order valence-corrected chi connectivity index (χ1v) is 2.40. The summed E-state index contributed by atoms with van der Waals surface area (Å²) < 4.78 is 0. The minimum Gasteiger partial charge on any atom is -0.338 e. The third-order valence-electron chi connectivity index (χ3n) is 1.16. The van der Waals surface area contributed by atoms with Crippen molar-refractivity contribution in [3.63, 3.8) is 0 Å². The van der Waals surface area contributed by atoms with Crippen molar-refractivity contribution in [3.8, 4) is 0 Å². The van der Waals surface area contributed by atoms with Gasteiger partial charge in [0.15, 0.2) is 0 Å². The first kappa shape index (κ1) is 8.60. The van der Waals surface area contributed by atoms with Crippen LogP contribution in [-0.2, 0) is 0 Å². The second-order valence-corrected chi connectivity index (χ2v) is 1.84. The fourth-order valence-electron chi connectivity index (χ4n) is 0.715. The molecule has 1 fully saturated rings. The third-order valence-corrected chi connectivity index (χ3v) is 1.16. The third kappa shape index (κ3) is 3.22. The molecule has 1 nitrogen and oxygen atoms in total. The van der Waals surface area contributed by atoms with Gasteiger partial charge in [-0.1, -0.05) is 0 Å². The van der Waals surface area contributed by atoms with Crippen molar-refractivity contribution in [2.75, 3.05) is 20.1 Å². The van der Waals surface area contributed by atoms with Crippen molar-refractivity contribution in [2.24, 2.45) is 0 Å². The van der Waals surface area contributed by atoms with Crippen molar-refractivity contribution in [3.05, 3.63) is 6.42 Å². The Labute approximate surface area is 87.9 Å². The molecular weight excluding hydrogens is 113 g/mol. The summed E-state index contributed by atoms with van der Waals surface area (Å²) >= 11 is 0. The molecular formula is C5H10KN. The van der Waals surface area contributed by atoms with Crippen molar-refractivity contribution < 1.29 is 51.4 Å². The molecule has 0 bridgehead atoms. The average Bonchev–Trinajstić information content (AvgIpc) is 1.86. The molecule has 0 spiro atoms. The van der Waals surface area contributed by atoms with Crippen LogP contribution in [0.2, 0.25) is 0 Å². The zero-order valence-corrected chi connectivity index (χ0v) is 8.27. The van der Waals surface area contributed by atoms with E-state index in [1.54, 1.807) is 0 Å². The minimum absolute atomic E-state index is 0. The Kier molecular flexibility index (Phi) is 5.49. The minimum atomic E-state index is 0. The summed E-state index contributed by atoms with van der Waals surface area (Å²) in [5, 5.41) is 0. The van der Waals surface area contributed by atoms with E-state index in [0.29, 0.717) is 0 Å². The Morgan fingerprint density at radius 1 is 1.57 bits per heavy atom. The first-order valence-electron chi connectivity index (χ1n) is 2.40. The molecule has 0 saturated carbocycles. The maximum Gasteiger partial charge on any atom is 1.00 e. The summed E-state index contributed by atoms with van der Waals surface area (Å²) in [4.78, 5) is 2.31. The molecule has 0 aromatic heterocycles. The molecule has 2 heteroatoms. The predicted molar refractivity (Wildman–Crippen MR) is 26.4 cm³/mol. The van der Waals surface area contributed by atoms with Gasteiger partial charge in [-0.25, -0.2) is 0 Å². The van der Waals surface area contributed by atoms with Crippen LogP contribution in [0, 0.1) is 6.42 Å². The molecule has 1 saturated heterocycles. The van der Waals surface area contributed by atoms with E-state index in [9.17, 15) is 0 Å². The quantitative estimate of drug-likeness (QED) is 0.255. The van der Waals surface area contributed by atoms with Crippen LogP contribution in [0.5, 0.6) is 0 Å². The fourth-order valence-corrected chi connectivity index (χ4v) is 0.715. The van der Waals surface area contributed by atoms with Gasteiger partial charge in [0, 0.05) is 0 Å². The van der Waals surface area contributed by atoms with Crippen LogP contribution >= 0.6 is 0 Å². The van der Waals surface area contributed by atoms with E-state index in [4.69, 9.17) is 0 Å². The first-order chi connectivity index (χ1) is 2.89. The smallest absolute Gasteiger partial charge is 0.338 e. The molecule has 0 N–H and O–H groups in total. The summed E-state index contributed by atoms with van der Waals surface area (Å²) in [5.74, 6) is 0. The van der Waals surface area contributed by atoms with Gasteiger partial charge in [0.1, 0.15) is 0 Å². The number of hydrogen-bond donors (Lipinski definition) is 0. The van der Waals surface area contributed by atoms with E-state index in [-0.39, 0.29) is 51.4 Å². The molecule has 0 amide bonds. The fraction of sp³-hybridized carbons (Fsp3) is 0.800. The molecule has 0 unspecified atom stereocenters. The molecule has 36 valence electrons. The Bertz CT molecular complexity index is 41.3. The molecule has 0 radical (unpaired) electrons. The van der Waals surface area contributed by atoms with E-state index in [2.05, 4.69) is 18.4 Å². The molecule has 0 atom stereocenters. The van der Waals surface area contributed by atoms with Gasteiger partial charge < -0.3 is 11.3 Å². The molecule has 0 aliphatic carbocycles. The summed E-state index contributed by atoms with van der Waals surface area (Å²) in [6.45, 7) is 2.46. The van der Waals surface area contributed by atoms with Crippen LogP contribution in [-0.4, -0.2) is 25.0 Å². The standard InChI is InChI=1S/C5H10N.K/c1-6-4-2-3-5-6;/h2H,3-5H2,1H3;/q-1;+1. The molecule has 1 aliphatic heterocycles. The number of hydrogen-bond acceptors (Lipinski definition) is 1. The van der Waals surface area contributed by atoms with Crippen molar-refractivity contribution in [2.45, 2.75) is 6.42 Å². The Morgan fingerprint density at radius 3 is 2.43 bits per heavy atom. The van der Waals surface area contributed by atoms with Crippen LogP contribution in [0.3, 0.4) is 0 Å². The van der Waals surface area contributed by atoms with E-state index in [1.807, 2.05) is 0 Å². The van der Waals surface area contributed by atoms with Gasteiger partial charge in [-0.15, -0.1) is 6.54 Å². The molecule has 0 aromatic carbocycles. The average molecular weight is 123 g/mol. The number of likely N-dealkylation sites (tertiary alicyclic amines) is 1. The van der Waals surface area contributed by atoms with Crippen molar-refractivity contribution in [1.29, 1.82) is 0 Å². The van der Waals surface area contributed by atoms with Crippen LogP contribution < -0.4 is 51.4 Å². The van der Waals surface area contributed by atoms with Crippen LogP contribution in [0.1, 0.15) is 6.42 Å². The topological polar surface area (TPSA) is 3.24 Å². The van der Waals surface area contributed by atoms with Crippen LogP contribution in [0.4, 0.5) is 0 Å². The monoisotopic (exact) mass is 123 g/mol. The van der Waals surface area contributed by atoms with E-state index < -0.39 is 0 Å². The van der Waals surface area contributed by atoms with Gasteiger partial charge >= 0.3 is 51.4 Å². The molecule has 1 aliphatic rings. The molecule has 1 rings (SSSR count). The largest absolute Gasteiger partial charge is 1.00 e. The van der Waals surface area contributed by atoms with Gasteiger partial charge in [0.25, 0.3) is 0 Å². The van der Waals surface area contributed by atoms with E-state index in [0.717, 1.165) is 0 Å². The Morgan fingerprint density at radius 2 is 2.29 bits per heavy atom. The molecule has 0 aromatic rings. The van der Waals surface area contributed by atoms with Crippen LogP contribution in [0.15, 0.2) is 0 Å². The van der Waals surface area contributed by atoms with Crippen molar-refractivity contribution >= 4 is 0 Å². The Hall–Kier alpha value is 1.60. The second-order valence-electron chi connectivity index (χ2n) is 1.84. The number of rotatable bonds is 0. The zero-order valence-electron chi connectivity index (χ0n) is 5.15. The summed E-state index contributed by atoms with van der Waals surface area (Å²) in [5.41, 5.74) is 0. The predicted octanol–water partition coefficient (Wildman–Crippen LogP) is -2.47.